The molecule has 9 heteroatoms. The molecule has 1 aliphatic rings. The summed E-state index contributed by atoms with van der Waals surface area (Å²) in [6.45, 7) is 4.06. The first-order chi connectivity index (χ1) is 14.8. The molecule has 0 spiro atoms. The molecule has 0 N–H and O–H groups in total. The average Bonchev–Trinajstić information content (AvgIpc) is 3.20. The Morgan fingerprint density at radius 1 is 1.06 bits per heavy atom. The molecule has 0 bridgehead atoms. The summed E-state index contributed by atoms with van der Waals surface area (Å²) in [4.78, 5) is 24.8. The first kappa shape index (κ1) is 21.3. The van der Waals surface area contributed by atoms with E-state index in [0.29, 0.717) is 38.4 Å². The van der Waals surface area contributed by atoms with E-state index in [4.69, 9.17) is 0 Å². The number of thiazole rings is 1. The van der Waals surface area contributed by atoms with Crippen molar-refractivity contribution < 1.29 is 18.0 Å². The van der Waals surface area contributed by atoms with E-state index in [1.54, 1.807) is 16.2 Å². The molecule has 1 aromatic carbocycles. The normalized spacial score (nSPS) is 14.7. The lowest BCUT2D eigenvalue weighted by Gasteiger charge is -2.35. The van der Waals surface area contributed by atoms with Gasteiger partial charge < -0.3 is 9.80 Å². The zero-order valence-corrected chi connectivity index (χ0v) is 17.7. The molecule has 3 heterocycles. The van der Waals surface area contributed by atoms with Gasteiger partial charge in [-0.3, -0.25) is 4.79 Å². The summed E-state index contributed by atoms with van der Waals surface area (Å²) >= 11 is 1.60. The molecule has 2 aromatic heterocycles. The predicted octanol–water partition coefficient (Wildman–Crippen LogP) is 4.42. The van der Waals surface area contributed by atoms with Crippen LogP contribution in [0.2, 0.25) is 0 Å². The van der Waals surface area contributed by atoms with E-state index >= 15 is 0 Å². The number of alkyl halides is 3. The maximum Gasteiger partial charge on any atom is 0.417 e. The molecule has 1 aliphatic heterocycles. The Bertz CT molecular complexity index is 1040. The Morgan fingerprint density at radius 3 is 2.32 bits per heavy atom. The predicted molar refractivity (Wildman–Crippen MR) is 114 cm³/mol. The molecule has 31 heavy (non-hydrogen) atoms. The third kappa shape index (κ3) is 5.04. The smallest absolute Gasteiger partial charge is 0.353 e. The summed E-state index contributed by atoms with van der Waals surface area (Å²) in [7, 11) is 0. The molecule has 3 aromatic rings. The molecule has 0 radical (unpaired) electrons. The minimum Gasteiger partial charge on any atom is -0.353 e. The number of rotatable bonds is 4. The first-order valence-electron chi connectivity index (χ1n) is 9.87. The van der Waals surface area contributed by atoms with Crippen LogP contribution in [-0.4, -0.2) is 47.0 Å². The molecule has 1 saturated heterocycles. The summed E-state index contributed by atoms with van der Waals surface area (Å²) in [5.74, 6) is 0.533. The second-order valence-corrected chi connectivity index (χ2v) is 8.46. The van der Waals surface area contributed by atoms with Gasteiger partial charge >= 0.3 is 6.18 Å². The maximum absolute atomic E-state index is 12.7. The fraction of sp³-hybridized carbons (Fsp3) is 0.318. The molecule has 1 amide bonds. The largest absolute Gasteiger partial charge is 0.417 e. The molecule has 4 rings (SSSR count). The van der Waals surface area contributed by atoms with Crippen LogP contribution in [0.3, 0.4) is 0 Å². The summed E-state index contributed by atoms with van der Waals surface area (Å²) in [5.41, 5.74) is 2.14. The number of halogens is 3. The number of carbonyl (C=O) groups excluding carboxylic acids is 1. The van der Waals surface area contributed by atoms with E-state index in [1.807, 2.05) is 41.5 Å². The number of hydrogen-bond acceptors (Lipinski definition) is 5. The summed E-state index contributed by atoms with van der Waals surface area (Å²) in [6.07, 6.45) is -3.23. The number of hydrogen-bond donors (Lipinski definition) is 0. The third-order valence-electron chi connectivity index (χ3n) is 5.26. The van der Waals surface area contributed by atoms with Crippen molar-refractivity contribution in [3.63, 3.8) is 0 Å². The Labute approximate surface area is 182 Å². The number of aromatic nitrogens is 2. The Balaban J connectivity index is 1.31. The van der Waals surface area contributed by atoms with Crippen molar-refractivity contribution in [2.24, 2.45) is 0 Å². The van der Waals surface area contributed by atoms with Crippen molar-refractivity contribution in [1.82, 2.24) is 14.9 Å². The van der Waals surface area contributed by atoms with Gasteiger partial charge in [0, 0.05) is 43.3 Å². The Morgan fingerprint density at radius 2 is 1.77 bits per heavy atom. The van der Waals surface area contributed by atoms with Gasteiger partial charge in [-0.2, -0.15) is 13.2 Å². The molecular weight excluding hydrogens is 425 g/mol. The number of pyridine rings is 1. The van der Waals surface area contributed by atoms with E-state index in [-0.39, 0.29) is 5.91 Å². The second kappa shape index (κ2) is 8.66. The molecule has 0 unspecified atom stereocenters. The van der Waals surface area contributed by atoms with Crippen LogP contribution in [0.4, 0.5) is 19.0 Å². The highest BCUT2D eigenvalue weighted by Gasteiger charge is 2.31. The van der Waals surface area contributed by atoms with E-state index in [9.17, 15) is 18.0 Å². The van der Waals surface area contributed by atoms with Gasteiger partial charge in [-0.15, -0.1) is 11.3 Å². The van der Waals surface area contributed by atoms with Gasteiger partial charge in [0.2, 0.25) is 5.91 Å². The fourth-order valence-electron chi connectivity index (χ4n) is 3.50. The molecule has 0 atom stereocenters. The zero-order chi connectivity index (χ0) is 22.0. The van der Waals surface area contributed by atoms with Crippen LogP contribution >= 0.6 is 11.3 Å². The topological polar surface area (TPSA) is 49.3 Å². The lowest BCUT2D eigenvalue weighted by molar-refractivity contribution is -0.137. The van der Waals surface area contributed by atoms with E-state index in [0.717, 1.165) is 34.1 Å². The number of carbonyl (C=O) groups is 1. The van der Waals surface area contributed by atoms with Gasteiger partial charge in [0.15, 0.2) is 0 Å². The zero-order valence-electron chi connectivity index (χ0n) is 16.9. The highest BCUT2D eigenvalue weighted by atomic mass is 32.1. The van der Waals surface area contributed by atoms with Crippen LogP contribution in [0.5, 0.6) is 0 Å². The van der Waals surface area contributed by atoms with Crippen LogP contribution in [0.1, 0.15) is 16.1 Å². The van der Waals surface area contributed by atoms with Crippen LogP contribution in [0, 0.1) is 6.92 Å². The van der Waals surface area contributed by atoms with E-state index < -0.39 is 11.7 Å². The van der Waals surface area contributed by atoms with Gasteiger partial charge in [0.1, 0.15) is 5.82 Å². The Hall–Kier alpha value is -2.94. The molecule has 0 saturated carbocycles. The van der Waals surface area contributed by atoms with Crippen molar-refractivity contribution >= 4 is 23.1 Å². The van der Waals surface area contributed by atoms with Crippen LogP contribution in [-0.2, 0) is 17.4 Å². The van der Waals surface area contributed by atoms with Gasteiger partial charge in [-0.1, -0.05) is 24.3 Å². The maximum atomic E-state index is 12.7. The highest BCUT2D eigenvalue weighted by Crippen LogP contribution is 2.29. The number of nitrogens with zero attached hydrogens (tertiary/aromatic N) is 4. The number of amides is 1. The van der Waals surface area contributed by atoms with Crippen molar-refractivity contribution in [3.05, 3.63) is 64.1 Å². The fourth-order valence-corrected chi connectivity index (χ4v) is 4.12. The number of benzene rings is 1. The number of piperazine rings is 1. The van der Waals surface area contributed by atoms with Gasteiger partial charge in [0.25, 0.3) is 0 Å². The molecule has 0 aliphatic carbocycles. The quantitative estimate of drug-likeness (QED) is 0.595. The van der Waals surface area contributed by atoms with Crippen LogP contribution in [0.25, 0.3) is 11.3 Å². The lowest BCUT2D eigenvalue weighted by atomic mass is 10.1. The van der Waals surface area contributed by atoms with Gasteiger partial charge in [0.05, 0.1) is 22.7 Å². The van der Waals surface area contributed by atoms with Crippen molar-refractivity contribution in [2.45, 2.75) is 19.5 Å². The van der Waals surface area contributed by atoms with Crippen LogP contribution in [0.15, 0.2) is 48.0 Å². The molecule has 1 fully saturated rings. The van der Waals surface area contributed by atoms with E-state index in [1.165, 1.54) is 6.07 Å². The standard InChI is InChI=1S/C22H21F3N4OS/c1-15-27-19(14-31-15)17-4-2-16(3-5-17)12-21(30)29-10-8-28(9-11-29)20-7-6-18(13-26-20)22(23,24)25/h2-7,13-14H,8-12H2,1H3. The molecule has 5 nitrogen and oxygen atoms in total. The summed E-state index contributed by atoms with van der Waals surface area (Å²) in [6, 6.07) is 10.3. The second-order valence-electron chi connectivity index (χ2n) is 7.40. The monoisotopic (exact) mass is 446 g/mol. The number of aryl methyl sites for hydroxylation is 1. The highest BCUT2D eigenvalue weighted by molar-refractivity contribution is 7.09. The molecule has 162 valence electrons. The summed E-state index contributed by atoms with van der Waals surface area (Å²) in [5, 5.41) is 3.03. The average molecular weight is 446 g/mol. The SMILES string of the molecule is Cc1nc(-c2ccc(CC(=O)N3CCN(c4ccc(C(F)(F)F)cn4)CC3)cc2)cs1. The Kier molecular flexibility index (Phi) is 5.95. The van der Waals surface area contributed by atoms with Crippen molar-refractivity contribution in [1.29, 1.82) is 0 Å². The van der Waals surface area contributed by atoms with Crippen molar-refractivity contribution in [3.8, 4) is 11.3 Å². The van der Waals surface area contributed by atoms with Crippen LogP contribution < -0.4 is 4.90 Å². The van der Waals surface area contributed by atoms with Gasteiger partial charge in [-0.25, -0.2) is 9.97 Å². The molecular formula is C22H21F3N4OS. The van der Waals surface area contributed by atoms with Crippen molar-refractivity contribution in [2.75, 3.05) is 31.1 Å². The minimum absolute atomic E-state index is 0.0391. The minimum atomic E-state index is -4.39. The lowest BCUT2D eigenvalue weighted by Crippen LogP contribution is -2.49. The third-order valence-corrected chi connectivity index (χ3v) is 6.03. The number of anilines is 1. The summed E-state index contributed by atoms with van der Waals surface area (Å²) < 4.78 is 38.1. The van der Waals surface area contributed by atoms with Gasteiger partial charge in [-0.05, 0) is 24.6 Å². The van der Waals surface area contributed by atoms with E-state index in [2.05, 4.69) is 9.97 Å². The first-order valence-corrected chi connectivity index (χ1v) is 10.7.